The van der Waals surface area contributed by atoms with Gasteiger partial charge in [-0.1, -0.05) is 17.8 Å². The summed E-state index contributed by atoms with van der Waals surface area (Å²) >= 11 is 1.46. The number of pyridine rings is 1. The average Bonchev–Trinajstić information content (AvgIpc) is 3.24. The molecule has 0 amide bonds. The standard InChI is InChI=1S/C23H18N6O3S/c1-31-14-4-5-17-18(8-14)28-23(27-17)33-11-13-7-12(3-6-19(13)32-2)20-15(9-24)21(26)29-22(30)16(20)10-25/h3-8H,11H2,1-2H3,(H,27,28)(H3,26,29,30). The lowest BCUT2D eigenvalue weighted by atomic mass is 9.95. The number of thioether (sulfide) groups is 1. The second kappa shape index (κ2) is 8.99. The molecule has 2 aromatic carbocycles. The molecule has 0 fully saturated rings. The Morgan fingerprint density at radius 1 is 1.06 bits per heavy atom. The Kier molecular flexibility index (Phi) is 5.94. The number of methoxy groups -OCH3 is 2. The molecule has 0 saturated heterocycles. The van der Waals surface area contributed by atoms with Gasteiger partial charge >= 0.3 is 0 Å². The molecular weight excluding hydrogens is 440 g/mol. The van der Waals surface area contributed by atoms with Crippen LogP contribution in [-0.2, 0) is 5.75 Å². The minimum atomic E-state index is -0.645. The Morgan fingerprint density at radius 2 is 1.85 bits per heavy atom. The van der Waals surface area contributed by atoms with Crippen LogP contribution in [0.3, 0.4) is 0 Å². The van der Waals surface area contributed by atoms with Crippen molar-refractivity contribution < 1.29 is 9.47 Å². The molecule has 0 aliphatic rings. The quantitative estimate of drug-likeness (QED) is 0.371. The van der Waals surface area contributed by atoms with Crippen LogP contribution in [0.15, 0.2) is 46.3 Å². The highest BCUT2D eigenvalue weighted by Gasteiger charge is 2.19. The fraction of sp³-hybridized carbons (Fsp3) is 0.130. The topological polar surface area (TPSA) is 154 Å². The number of imidazole rings is 1. The molecule has 164 valence electrons. The van der Waals surface area contributed by atoms with E-state index in [9.17, 15) is 15.3 Å². The van der Waals surface area contributed by atoms with Crippen LogP contribution in [0.1, 0.15) is 16.7 Å². The van der Waals surface area contributed by atoms with Crippen LogP contribution in [0.25, 0.3) is 22.2 Å². The number of anilines is 1. The molecule has 10 heteroatoms. The van der Waals surface area contributed by atoms with Gasteiger partial charge in [0.1, 0.15) is 40.6 Å². The lowest BCUT2D eigenvalue weighted by molar-refractivity contribution is 0.411. The van der Waals surface area contributed by atoms with Crippen molar-refractivity contribution in [3.8, 4) is 34.8 Å². The molecule has 0 radical (unpaired) electrons. The second-order valence-corrected chi connectivity index (χ2v) is 7.92. The van der Waals surface area contributed by atoms with Crippen molar-refractivity contribution >= 4 is 28.6 Å². The number of nitrogens with one attached hydrogen (secondary N) is 2. The molecule has 0 aliphatic heterocycles. The van der Waals surface area contributed by atoms with E-state index in [1.54, 1.807) is 32.4 Å². The normalized spacial score (nSPS) is 10.5. The maximum Gasteiger partial charge on any atom is 0.268 e. The summed E-state index contributed by atoms with van der Waals surface area (Å²) in [4.78, 5) is 22.5. The Labute approximate surface area is 192 Å². The fourth-order valence-electron chi connectivity index (χ4n) is 3.49. The summed E-state index contributed by atoms with van der Waals surface area (Å²) in [6, 6.07) is 14.7. The number of nitriles is 2. The zero-order valence-electron chi connectivity index (χ0n) is 17.7. The Hall–Kier alpha value is -4.41. The smallest absolute Gasteiger partial charge is 0.268 e. The Balaban J connectivity index is 1.73. The lowest BCUT2D eigenvalue weighted by Gasteiger charge is -2.13. The number of nitrogens with two attached hydrogens (primary N) is 1. The predicted molar refractivity (Wildman–Crippen MR) is 125 cm³/mol. The van der Waals surface area contributed by atoms with E-state index in [-0.39, 0.29) is 22.5 Å². The molecule has 2 heterocycles. The van der Waals surface area contributed by atoms with Gasteiger partial charge in [-0.05, 0) is 29.8 Å². The van der Waals surface area contributed by atoms with Gasteiger partial charge in [0.05, 0.1) is 25.3 Å². The fourth-order valence-corrected chi connectivity index (χ4v) is 4.35. The zero-order chi connectivity index (χ0) is 23.5. The summed E-state index contributed by atoms with van der Waals surface area (Å²) in [6.45, 7) is 0. The van der Waals surface area contributed by atoms with Gasteiger partial charge in [-0.25, -0.2) is 4.98 Å². The van der Waals surface area contributed by atoms with Gasteiger partial charge in [-0.2, -0.15) is 10.5 Å². The van der Waals surface area contributed by atoms with Crippen molar-refractivity contribution in [2.24, 2.45) is 0 Å². The predicted octanol–water partition coefficient (Wildman–Crippen LogP) is 3.55. The van der Waals surface area contributed by atoms with E-state index in [2.05, 4.69) is 15.0 Å². The summed E-state index contributed by atoms with van der Waals surface area (Å²) in [6.07, 6.45) is 0. The highest BCUT2D eigenvalue weighted by atomic mass is 32.2. The van der Waals surface area contributed by atoms with Gasteiger partial charge in [0.2, 0.25) is 0 Å². The third-order valence-corrected chi connectivity index (χ3v) is 5.99. The summed E-state index contributed by atoms with van der Waals surface area (Å²) in [5, 5.41) is 19.8. The molecule has 0 atom stereocenters. The Morgan fingerprint density at radius 3 is 2.55 bits per heavy atom. The van der Waals surface area contributed by atoms with Gasteiger partial charge in [0.15, 0.2) is 5.16 Å². The highest BCUT2D eigenvalue weighted by Crippen LogP contribution is 2.34. The van der Waals surface area contributed by atoms with E-state index in [0.29, 0.717) is 22.2 Å². The minimum absolute atomic E-state index is 0.0427. The number of H-pyrrole nitrogens is 2. The van der Waals surface area contributed by atoms with Crippen LogP contribution >= 0.6 is 11.8 Å². The lowest BCUT2D eigenvalue weighted by Crippen LogP contribution is -2.16. The van der Waals surface area contributed by atoms with Gasteiger partial charge in [-0.3, -0.25) is 4.79 Å². The molecule has 0 unspecified atom stereocenters. The van der Waals surface area contributed by atoms with E-state index >= 15 is 0 Å². The molecule has 9 nitrogen and oxygen atoms in total. The number of nitrogens with zero attached hydrogens (tertiary/aromatic N) is 3. The van der Waals surface area contributed by atoms with Crippen molar-refractivity contribution in [2.75, 3.05) is 20.0 Å². The molecule has 33 heavy (non-hydrogen) atoms. The van der Waals surface area contributed by atoms with Crippen LogP contribution in [0.2, 0.25) is 0 Å². The van der Waals surface area contributed by atoms with Crippen molar-refractivity contribution in [1.29, 1.82) is 10.5 Å². The molecule has 4 rings (SSSR count). The van der Waals surface area contributed by atoms with Gasteiger partial charge in [0, 0.05) is 22.9 Å². The van der Waals surface area contributed by atoms with E-state index in [4.69, 9.17) is 15.2 Å². The average molecular weight is 459 g/mol. The van der Waals surface area contributed by atoms with Crippen molar-refractivity contribution in [3.05, 3.63) is 63.4 Å². The number of aromatic amines is 2. The third-order valence-electron chi connectivity index (χ3n) is 5.07. The van der Waals surface area contributed by atoms with Gasteiger partial charge in [0.25, 0.3) is 5.56 Å². The van der Waals surface area contributed by atoms with E-state index in [1.807, 2.05) is 30.3 Å². The van der Waals surface area contributed by atoms with Crippen LogP contribution in [0.5, 0.6) is 11.5 Å². The maximum absolute atomic E-state index is 12.3. The third kappa shape index (κ3) is 4.07. The number of hydrogen-bond acceptors (Lipinski definition) is 8. The number of hydrogen-bond donors (Lipinski definition) is 3. The van der Waals surface area contributed by atoms with Crippen molar-refractivity contribution in [1.82, 2.24) is 15.0 Å². The van der Waals surface area contributed by atoms with E-state index < -0.39 is 5.56 Å². The second-order valence-electron chi connectivity index (χ2n) is 6.96. The first-order chi connectivity index (χ1) is 16.0. The first kappa shape index (κ1) is 21.8. The summed E-state index contributed by atoms with van der Waals surface area (Å²) in [7, 11) is 3.17. The van der Waals surface area contributed by atoms with Gasteiger partial charge < -0.3 is 25.2 Å². The molecule has 4 N–H and O–H groups in total. The number of rotatable bonds is 6. The van der Waals surface area contributed by atoms with Crippen LogP contribution in [0.4, 0.5) is 5.82 Å². The largest absolute Gasteiger partial charge is 0.497 e. The number of nitrogen functional groups attached to an aromatic ring is 1. The first-order valence-electron chi connectivity index (χ1n) is 9.68. The summed E-state index contributed by atoms with van der Waals surface area (Å²) in [5.74, 6) is 1.76. The van der Waals surface area contributed by atoms with E-state index in [1.165, 1.54) is 11.8 Å². The molecule has 0 spiro atoms. The molecule has 4 aromatic rings. The number of benzene rings is 2. The molecule has 0 bridgehead atoms. The first-order valence-corrected chi connectivity index (χ1v) is 10.7. The Bertz CT molecular complexity index is 1510. The monoisotopic (exact) mass is 458 g/mol. The minimum Gasteiger partial charge on any atom is -0.497 e. The number of fused-ring (bicyclic) bond motifs is 1. The van der Waals surface area contributed by atoms with Crippen molar-refractivity contribution in [3.63, 3.8) is 0 Å². The highest BCUT2D eigenvalue weighted by molar-refractivity contribution is 7.98. The zero-order valence-corrected chi connectivity index (χ0v) is 18.5. The van der Waals surface area contributed by atoms with Crippen LogP contribution in [-0.4, -0.2) is 29.2 Å². The van der Waals surface area contributed by atoms with Crippen molar-refractivity contribution in [2.45, 2.75) is 10.9 Å². The maximum atomic E-state index is 12.3. The summed E-state index contributed by atoms with van der Waals surface area (Å²) < 4.78 is 10.7. The number of aromatic nitrogens is 3. The van der Waals surface area contributed by atoms with Crippen LogP contribution in [0, 0.1) is 22.7 Å². The van der Waals surface area contributed by atoms with Gasteiger partial charge in [-0.15, -0.1) is 0 Å². The molecule has 0 aliphatic carbocycles. The summed E-state index contributed by atoms with van der Waals surface area (Å²) in [5.41, 5.74) is 8.26. The number of ether oxygens (including phenoxy) is 2. The molecular formula is C23H18N6O3S. The molecule has 0 saturated carbocycles. The SMILES string of the molecule is COc1ccc2nc(SCc3cc(-c4c(C#N)c(N)[nH]c(=O)c4C#N)ccc3OC)[nH]c2c1. The van der Waals surface area contributed by atoms with E-state index in [0.717, 1.165) is 22.3 Å². The molecule has 2 aromatic heterocycles. The van der Waals surface area contributed by atoms with Crippen LogP contribution < -0.4 is 20.8 Å².